The van der Waals surface area contributed by atoms with E-state index in [9.17, 15) is 13.2 Å². The van der Waals surface area contributed by atoms with Crippen LogP contribution in [0.3, 0.4) is 0 Å². The van der Waals surface area contributed by atoms with Gasteiger partial charge in [-0.15, -0.1) is 0 Å². The third kappa shape index (κ3) is 4.15. The topological polar surface area (TPSA) is 84.5 Å². The van der Waals surface area contributed by atoms with Gasteiger partial charge in [-0.25, -0.2) is 8.42 Å². The van der Waals surface area contributed by atoms with Gasteiger partial charge in [0.05, 0.1) is 17.7 Å². The van der Waals surface area contributed by atoms with Crippen LogP contribution in [-0.2, 0) is 10.0 Å². The molecule has 0 atom stereocenters. The Bertz CT molecular complexity index is 1080. The fourth-order valence-corrected chi connectivity index (χ4v) is 3.84. The number of carbonyl (C=O) groups is 1. The van der Waals surface area contributed by atoms with E-state index >= 15 is 0 Å². The average Bonchev–Trinajstić information content (AvgIpc) is 2.71. The highest BCUT2D eigenvalue weighted by molar-refractivity contribution is 7.92. The zero-order chi connectivity index (χ0) is 20.1. The molecule has 0 saturated carbocycles. The molecule has 0 aromatic heterocycles. The van der Waals surface area contributed by atoms with Gasteiger partial charge in [0.2, 0.25) is 0 Å². The number of amides is 1. The summed E-state index contributed by atoms with van der Waals surface area (Å²) in [5.74, 6) is 0.0775. The van der Waals surface area contributed by atoms with Crippen LogP contribution in [0.4, 0.5) is 11.4 Å². The van der Waals surface area contributed by atoms with E-state index in [1.54, 1.807) is 61.5 Å². The lowest BCUT2D eigenvalue weighted by Crippen LogP contribution is -2.15. The van der Waals surface area contributed by atoms with Gasteiger partial charge in [0.15, 0.2) is 0 Å². The second-order valence-electron chi connectivity index (χ2n) is 6.06. The van der Waals surface area contributed by atoms with E-state index in [2.05, 4.69) is 10.0 Å². The van der Waals surface area contributed by atoms with Gasteiger partial charge >= 0.3 is 0 Å². The lowest BCUT2D eigenvalue weighted by atomic mass is 10.1. The average molecular weight is 396 g/mol. The number of nitrogens with one attached hydrogen (secondary N) is 2. The van der Waals surface area contributed by atoms with Crippen LogP contribution in [0, 0.1) is 6.92 Å². The molecule has 1 amide bonds. The first kappa shape index (κ1) is 19.4. The Kier molecular flexibility index (Phi) is 5.65. The number of hydrogen-bond acceptors (Lipinski definition) is 4. The van der Waals surface area contributed by atoms with Crippen molar-refractivity contribution in [2.24, 2.45) is 0 Å². The summed E-state index contributed by atoms with van der Waals surface area (Å²) in [6.45, 7) is 1.75. The van der Waals surface area contributed by atoms with Crippen molar-refractivity contribution in [2.45, 2.75) is 11.8 Å². The molecule has 0 aliphatic carbocycles. The van der Waals surface area contributed by atoms with Gasteiger partial charge in [-0.2, -0.15) is 0 Å². The molecule has 6 nitrogen and oxygen atoms in total. The molecule has 0 unspecified atom stereocenters. The summed E-state index contributed by atoms with van der Waals surface area (Å²) in [5, 5.41) is 2.83. The van der Waals surface area contributed by atoms with Crippen LogP contribution < -0.4 is 14.8 Å². The van der Waals surface area contributed by atoms with E-state index in [0.717, 1.165) is 0 Å². The minimum Gasteiger partial charge on any atom is -0.494 e. The lowest BCUT2D eigenvalue weighted by molar-refractivity contribution is 0.102. The van der Waals surface area contributed by atoms with Crippen LogP contribution >= 0.6 is 0 Å². The van der Waals surface area contributed by atoms with Crippen LogP contribution in [0.1, 0.15) is 15.9 Å². The van der Waals surface area contributed by atoms with Crippen molar-refractivity contribution in [3.05, 3.63) is 83.9 Å². The molecule has 2 N–H and O–H groups in total. The highest BCUT2D eigenvalue weighted by atomic mass is 32.2. The Balaban J connectivity index is 1.89. The van der Waals surface area contributed by atoms with Crippen molar-refractivity contribution in [1.29, 1.82) is 0 Å². The predicted octanol–water partition coefficient (Wildman–Crippen LogP) is 4.06. The SMILES string of the molecule is COc1c(NS(=O)(=O)c2ccccc2)ccc(NC(=O)c2ccccc2)c1C. The molecule has 144 valence electrons. The maximum absolute atomic E-state index is 12.6. The third-order valence-corrected chi connectivity index (χ3v) is 5.57. The van der Waals surface area contributed by atoms with Crippen LogP contribution in [0.25, 0.3) is 0 Å². The Morgan fingerprint density at radius 1 is 0.857 bits per heavy atom. The van der Waals surface area contributed by atoms with E-state index in [4.69, 9.17) is 4.74 Å². The van der Waals surface area contributed by atoms with E-state index in [0.29, 0.717) is 28.3 Å². The molecular weight excluding hydrogens is 376 g/mol. The first-order chi connectivity index (χ1) is 13.4. The molecule has 0 aliphatic heterocycles. The number of carbonyl (C=O) groups excluding carboxylic acids is 1. The van der Waals surface area contributed by atoms with Crippen molar-refractivity contribution in [3.8, 4) is 5.75 Å². The summed E-state index contributed by atoms with van der Waals surface area (Å²) in [5.41, 5.74) is 1.96. The molecule has 7 heteroatoms. The Morgan fingerprint density at radius 3 is 2.04 bits per heavy atom. The Morgan fingerprint density at radius 2 is 1.43 bits per heavy atom. The molecule has 0 fully saturated rings. The van der Waals surface area contributed by atoms with Crippen LogP contribution in [-0.4, -0.2) is 21.4 Å². The second-order valence-corrected chi connectivity index (χ2v) is 7.74. The molecule has 3 aromatic carbocycles. The smallest absolute Gasteiger partial charge is 0.262 e. The van der Waals surface area contributed by atoms with Gasteiger partial charge in [0.1, 0.15) is 5.75 Å². The number of benzene rings is 3. The molecule has 3 aromatic rings. The van der Waals surface area contributed by atoms with Gasteiger partial charge in [-0.3, -0.25) is 9.52 Å². The third-order valence-electron chi connectivity index (χ3n) is 4.19. The molecule has 28 heavy (non-hydrogen) atoms. The van der Waals surface area contributed by atoms with Gasteiger partial charge in [0.25, 0.3) is 15.9 Å². The second kappa shape index (κ2) is 8.14. The summed E-state index contributed by atoms with van der Waals surface area (Å²) < 4.78 is 33.1. The summed E-state index contributed by atoms with van der Waals surface area (Å²) in [6, 6.07) is 20.1. The minimum atomic E-state index is -3.76. The minimum absolute atomic E-state index is 0.149. The molecule has 0 heterocycles. The van der Waals surface area contributed by atoms with Crippen molar-refractivity contribution < 1.29 is 17.9 Å². The first-order valence-electron chi connectivity index (χ1n) is 8.54. The van der Waals surface area contributed by atoms with Crippen LogP contribution in [0.2, 0.25) is 0 Å². The number of methoxy groups -OCH3 is 1. The van der Waals surface area contributed by atoms with E-state index in [1.807, 2.05) is 6.07 Å². The first-order valence-corrected chi connectivity index (χ1v) is 10.0. The normalized spacial score (nSPS) is 10.9. The fraction of sp³-hybridized carbons (Fsp3) is 0.0952. The number of rotatable bonds is 6. The summed E-state index contributed by atoms with van der Waals surface area (Å²) in [7, 11) is -2.31. The van der Waals surface area contributed by atoms with Crippen molar-refractivity contribution in [2.75, 3.05) is 17.1 Å². The zero-order valence-corrected chi connectivity index (χ0v) is 16.3. The van der Waals surface area contributed by atoms with Gasteiger partial charge < -0.3 is 10.1 Å². The number of sulfonamides is 1. The summed E-state index contributed by atoms with van der Waals surface area (Å²) in [6.07, 6.45) is 0. The van der Waals surface area contributed by atoms with Gasteiger partial charge in [0, 0.05) is 16.8 Å². The van der Waals surface area contributed by atoms with E-state index in [-0.39, 0.29) is 10.8 Å². The van der Waals surface area contributed by atoms with Crippen molar-refractivity contribution in [1.82, 2.24) is 0 Å². The monoisotopic (exact) mass is 396 g/mol. The fourth-order valence-electron chi connectivity index (χ4n) is 2.76. The number of ether oxygens (including phenoxy) is 1. The molecule has 0 bridgehead atoms. The summed E-state index contributed by atoms with van der Waals surface area (Å²) in [4.78, 5) is 12.6. The van der Waals surface area contributed by atoms with E-state index in [1.165, 1.54) is 19.2 Å². The van der Waals surface area contributed by atoms with Gasteiger partial charge in [-0.1, -0.05) is 36.4 Å². The Hall–Kier alpha value is -3.32. The molecule has 0 radical (unpaired) electrons. The Labute approximate surface area is 164 Å². The largest absolute Gasteiger partial charge is 0.494 e. The zero-order valence-electron chi connectivity index (χ0n) is 15.5. The molecule has 0 saturated heterocycles. The molecule has 0 spiro atoms. The highest BCUT2D eigenvalue weighted by Crippen LogP contribution is 2.35. The maximum Gasteiger partial charge on any atom is 0.262 e. The van der Waals surface area contributed by atoms with Crippen molar-refractivity contribution >= 4 is 27.3 Å². The van der Waals surface area contributed by atoms with Gasteiger partial charge in [-0.05, 0) is 43.3 Å². The summed E-state index contributed by atoms with van der Waals surface area (Å²) >= 11 is 0. The quantitative estimate of drug-likeness (QED) is 0.658. The number of anilines is 2. The van der Waals surface area contributed by atoms with Crippen molar-refractivity contribution in [3.63, 3.8) is 0 Å². The molecule has 0 aliphatic rings. The highest BCUT2D eigenvalue weighted by Gasteiger charge is 2.19. The van der Waals surface area contributed by atoms with E-state index < -0.39 is 10.0 Å². The lowest BCUT2D eigenvalue weighted by Gasteiger charge is -2.17. The number of hydrogen-bond donors (Lipinski definition) is 2. The molecule has 3 rings (SSSR count). The maximum atomic E-state index is 12.6. The predicted molar refractivity (Wildman–Crippen MR) is 109 cm³/mol. The van der Waals surface area contributed by atoms with Crippen LogP contribution in [0.15, 0.2) is 77.7 Å². The molecular formula is C21H20N2O4S. The standard InChI is InChI=1S/C21H20N2O4S/c1-15-18(22-21(24)16-9-5-3-6-10-16)13-14-19(20(15)27-2)23-28(25,26)17-11-7-4-8-12-17/h3-14,23H,1-2H3,(H,22,24). The van der Waals surface area contributed by atoms with Crippen LogP contribution in [0.5, 0.6) is 5.75 Å².